The largest absolute Gasteiger partial charge is 0.462 e. The second-order valence-corrected chi connectivity index (χ2v) is 3.99. The lowest BCUT2D eigenvalue weighted by Gasteiger charge is -2.13. The smallest absolute Gasteiger partial charge is 0.348 e. The summed E-state index contributed by atoms with van der Waals surface area (Å²) in [6.45, 7) is 2.48. The van der Waals surface area contributed by atoms with Crippen molar-refractivity contribution in [2.75, 3.05) is 18.6 Å². The lowest BCUT2D eigenvalue weighted by molar-refractivity contribution is 0.0532. The zero-order valence-electron chi connectivity index (χ0n) is 8.12. The fourth-order valence-electron chi connectivity index (χ4n) is 1.29. The van der Waals surface area contributed by atoms with Crippen LogP contribution >= 0.6 is 11.3 Å². The summed E-state index contributed by atoms with van der Waals surface area (Å²) >= 11 is 1.24. The van der Waals surface area contributed by atoms with Crippen LogP contribution in [-0.2, 0) is 4.74 Å². The molecule has 1 aliphatic rings. The maximum atomic E-state index is 11.4. The van der Waals surface area contributed by atoms with Gasteiger partial charge in [0.25, 0.3) is 5.91 Å². The van der Waals surface area contributed by atoms with Crippen LogP contribution in [0.15, 0.2) is 6.07 Å². The van der Waals surface area contributed by atoms with E-state index in [0.717, 1.165) is 5.00 Å². The van der Waals surface area contributed by atoms with Gasteiger partial charge in [-0.1, -0.05) is 0 Å². The van der Waals surface area contributed by atoms with E-state index in [4.69, 9.17) is 4.74 Å². The maximum Gasteiger partial charge on any atom is 0.348 e. The Hall–Kier alpha value is -1.56. The summed E-state index contributed by atoms with van der Waals surface area (Å²) in [6.07, 6.45) is 0. The van der Waals surface area contributed by atoms with Crippen LogP contribution in [0.25, 0.3) is 0 Å². The molecular weight excluding hydrogens is 216 g/mol. The minimum Gasteiger partial charge on any atom is -0.462 e. The van der Waals surface area contributed by atoms with Crippen molar-refractivity contribution in [1.29, 1.82) is 0 Å². The van der Waals surface area contributed by atoms with Crippen molar-refractivity contribution in [3.63, 3.8) is 0 Å². The fraction of sp³-hybridized carbons (Fsp3) is 0.333. The van der Waals surface area contributed by atoms with Gasteiger partial charge in [-0.2, -0.15) is 0 Å². The van der Waals surface area contributed by atoms with E-state index in [9.17, 15) is 9.59 Å². The Morgan fingerprint density at radius 1 is 1.60 bits per heavy atom. The molecule has 0 atom stereocenters. The lowest BCUT2D eigenvalue weighted by Crippen LogP contribution is -2.33. The molecule has 0 saturated carbocycles. The molecule has 1 aromatic heterocycles. The number of fused-ring (bicyclic) bond motifs is 1. The molecular formula is C9H10N2O3S. The quantitative estimate of drug-likeness (QED) is 0.739. The number of amides is 1. The zero-order chi connectivity index (χ0) is 10.8. The van der Waals surface area contributed by atoms with Crippen LogP contribution in [0.3, 0.4) is 0 Å². The number of carbonyl (C=O) groups excluding carboxylic acids is 2. The van der Waals surface area contributed by atoms with Crippen LogP contribution in [0.1, 0.15) is 27.0 Å². The van der Waals surface area contributed by atoms with E-state index in [1.165, 1.54) is 11.3 Å². The summed E-state index contributed by atoms with van der Waals surface area (Å²) in [5, 5.41) is 6.34. The monoisotopic (exact) mass is 226 g/mol. The Morgan fingerprint density at radius 3 is 3.07 bits per heavy atom. The highest BCUT2D eigenvalue weighted by atomic mass is 32.1. The Bertz CT molecular complexity index is 413. The van der Waals surface area contributed by atoms with E-state index in [-0.39, 0.29) is 11.9 Å². The lowest BCUT2D eigenvalue weighted by atomic mass is 10.2. The van der Waals surface area contributed by atoms with Crippen LogP contribution in [-0.4, -0.2) is 25.2 Å². The predicted molar refractivity (Wildman–Crippen MR) is 56.2 cm³/mol. The van der Waals surface area contributed by atoms with Crippen molar-refractivity contribution >= 4 is 28.2 Å². The standard InChI is InChI=1S/C9H10N2O3S/c1-2-14-9(13)6-3-5-7(12)10-4-11-8(5)15-6/h3,11H,2,4H2,1H3,(H,10,12). The third-order valence-corrected chi connectivity index (χ3v) is 3.02. The summed E-state index contributed by atoms with van der Waals surface area (Å²) in [7, 11) is 0. The van der Waals surface area contributed by atoms with Crippen LogP contribution < -0.4 is 10.6 Å². The van der Waals surface area contributed by atoms with Gasteiger partial charge in [0.1, 0.15) is 9.88 Å². The molecule has 0 unspecified atom stereocenters. The first kappa shape index (κ1) is 9.97. The second-order valence-electron chi connectivity index (χ2n) is 2.93. The minimum atomic E-state index is -0.383. The minimum absolute atomic E-state index is 0.157. The normalized spacial score (nSPS) is 13.8. The Balaban J connectivity index is 2.29. The van der Waals surface area contributed by atoms with Crippen LogP contribution in [0.5, 0.6) is 0 Å². The first-order valence-electron chi connectivity index (χ1n) is 4.55. The van der Waals surface area contributed by atoms with Crippen molar-refractivity contribution in [2.45, 2.75) is 6.92 Å². The SMILES string of the molecule is CCOC(=O)c1cc2c(s1)NCNC2=O. The highest BCUT2D eigenvalue weighted by Gasteiger charge is 2.22. The third-order valence-electron chi connectivity index (χ3n) is 1.95. The van der Waals surface area contributed by atoms with E-state index in [0.29, 0.717) is 23.7 Å². The molecule has 2 rings (SSSR count). The maximum absolute atomic E-state index is 11.4. The summed E-state index contributed by atoms with van der Waals surface area (Å²) in [5.41, 5.74) is 0.509. The summed E-state index contributed by atoms with van der Waals surface area (Å²) < 4.78 is 4.85. The van der Waals surface area contributed by atoms with Gasteiger partial charge >= 0.3 is 5.97 Å². The van der Waals surface area contributed by atoms with Crippen molar-refractivity contribution in [3.05, 3.63) is 16.5 Å². The van der Waals surface area contributed by atoms with Gasteiger partial charge in [0.2, 0.25) is 0 Å². The average Bonchev–Trinajstić information content (AvgIpc) is 2.63. The highest BCUT2D eigenvalue weighted by molar-refractivity contribution is 7.18. The molecule has 0 saturated heterocycles. The number of ether oxygens (including phenoxy) is 1. The Labute approximate surface area is 90.4 Å². The van der Waals surface area contributed by atoms with Gasteiger partial charge in [-0.25, -0.2) is 4.79 Å². The van der Waals surface area contributed by atoms with Crippen molar-refractivity contribution in [3.8, 4) is 0 Å². The number of carbonyl (C=O) groups is 2. The van der Waals surface area contributed by atoms with E-state index < -0.39 is 0 Å². The molecule has 2 heterocycles. The fourth-order valence-corrected chi connectivity index (χ4v) is 2.24. The summed E-state index contributed by atoms with van der Waals surface area (Å²) in [5.74, 6) is -0.540. The Kier molecular flexibility index (Phi) is 2.59. The number of hydrogen-bond donors (Lipinski definition) is 2. The Morgan fingerprint density at radius 2 is 2.40 bits per heavy atom. The van der Waals surface area contributed by atoms with E-state index in [1.807, 2.05) is 0 Å². The highest BCUT2D eigenvalue weighted by Crippen LogP contribution is 2.29. The van der Waals surface area contributed by atoms with Gasteiger partial charge in [0.15, 0.2) is 0 Å². The third kappa shape index (κ3) is 1.80. The summed E-state index contributed by atoms with van der Waals surface area (Å²) in [6, 6.07) is 1.56. The predicted octanol–water partition coefficient (Wildman–Crippen LogP) is 1.04. The van der Waals surface area contributed by atoms with Crippen LogP contribution in [0, 0.1) is 0 Å². The molecule has 5 nitrogen and oxygen atoms in total. The zero-order valence-corrected chi connectivity index (χ0v) is 8.94. The van der Waals surface area contributed by atoms with Crippen molar-refractivity contribution < 1.29 is 14.3 Å². The number of rotatable bonds is 2. The molecule has 80 valence electrons. The van der Waals surface area contributed by atoms with Crippen molar-refractivity contribution in [2.24, 2.45) is 0 Å². The molecule has 15 heavy (non-hydrogen) atoms. The molecule has 1 amide bonds. The first-order chi connectivity index (χ1) is 7.22. The topological polar surface area (TPSA) is 67.4 Å². The van der Waals surface area contributed by atoms with Crippen LogP contribution in [0.2, 0.25) is 0 Å². The van der Waals surface area contributed by atoms with Gasteiger partial charge in [-0.05, 0) is 13.0 Å². The molecule has 0 aliphatic carbocycles. The van der Waals surface area contributed by atoms with Gasteiger partial charge in [0, 0.05) is 0 Å². The molecule has 2 N–H and O–H groups in total. The molecule has 6 heteroatoms. The molecule has 0 bridgehead atoms. The number of nitrogens with one attached hydrogen (secondary N) is 2. The van der Waals surface area contributed by atoms with Gasteiger partial charge in [-0.3, -0.25) is 4.79 Å². The van der Waals surface area contributed by atoms with Crippen molar-refractivity contribution in [1.82, 2.24) is 5.32 Å². The van der Waals surface area contributed by atoms with E-state index in [1.54, 1.807) is 13.0 Å². The van der Waals surface area contributed by atoms with E-state index in [2.05, 4.69) is 10.6 Å². The van der Waals surface area contributed by atoms with Gasteiger partial charge in [0.05, 0.1) is 18.8 Å². The molecule has 0 spiro atoms. The average molecular weight is 226 g/mol. The molecule has 0 aromatic carbocycles. The molecule has 1 aliphatic heterocycles. The number of hydrogen-bond acceptors (Lipinski definition) is 5. The van der Waals surface area contributed by atoms with Crippen LogP contribution in [0.4, 0.5) is 5.00 Å². The van der Waals surface area contributed by atoms with Gasteiger partial charge in [-0.15, -0.1) is 11.3 Å². The number of thiophene rings is 1. The molecule has 0 fully saturated rings. The summed E-state index contributed by atoms with van der Waals surface area (Å²) in [4.78, 5) is 23.2. The molecule has 1 aromatic rings. The second kappa shape index (κ2) is 3.90. The number of anilines is 1. The molecule has 0 radical (unpaired) electrons. The first-order valence-corrected chi connectivity index (χ1v) is 5.37. The van der Waals surface area contributed by atoms with E-state index >= 15 is 0 Å². The van der Waals surface area contributed by atoms with Gasteiger partial charge < -0.3 is 15.4 Å². The number of esters is 1.